The van der Waals surface area contributed by atoms with Crippen molar-refractivity contribution >= 4 is 0 Å². The van der Waals surface area contributed by atoms with E-state index in [0.717, 1.165) is 25.1 Å². The average molecular weight is 281 g/mol. The zero-order valence-electron chi connectivity index (χ0n) is 12.7. The van der Waals surface area contributed by atoms with Gasteiger partial charge in [0, 0.05) is 6.54 Å². The fourth-order valence-electron chi connectivity index (χ4n) is 2.43. The Balaban J connectivity index is 0.000000217. The molecule has 1 aliphatic rings. The lowest BCUT2D eigenvalue weighted by Crippen LogP contribution is -2.37. The Hall–Kier alpha value is -1.10. The van der Waals surface area contributed by atoms with Crippen molar-refractivity contribution in [3.8, 4) is 5.75 Å². The lowest BCUT2D eigenvalue weighted by molar-refractivity contribution is -0.00631. The summed E-state index contributed by atoms with van der Waals surface area (Å²) >= 11 is 0. The number of aliphatic hydroxyl groups excluding tert-OH is 2. The van der Waals surface area contributed by atoms with Gasteiger partial charge in [-0.3, -0.25) is 0 Å². The number of methoxy groups -OCH3 is 1. The number of hydrogen-bond acceptors (Lipinski definition) is 4. The van der Waals surface area contributed by atoms with Gasteiger partial charge < -0.3 is 19.8 Å². The van der Waals surface area contributed by atoms with Crippen LogP contribution < -0.4 is 4.74 Å². The van der Waals surface area contributed by atoms with E-state index in [1.807, 2.05) is 44.4 Å². The maximum Gasteiger partial charge on any atom is 0.118 e. The first-order chi connectivity index (χ1) is 9.52. The predicted molar refractivity (Wildman–Crippen MR) is 80.9 cm³/mol. The summed E-state index contributed by atoms with van der Waals surface area (Å²) in [6.45, 7) is 0.924. The summed E-state index contributed by atoms with van der Waals surface area (Å²) in [5.74, 6) is 1.26. The van der Waals surface area contributed by atoms with Crippen LogP contribution in [0.2, 0.25) is 0 Å². The highest BCUT2D eigenvalue weighted by Gasteiger charge is 2.27. The number of aliphatic hydroxyl groups is 2. The van der Waals surface area contributed by atoms with Crippen LogP contribution in [0.5, 0.6) is 5.75 Å². The predicted octanol–water partition coefficient (Wildman–Crippen LogP) is 1.77. The number of rotatable bonds is 3. The van der Waals surface area contributed by atoms with Crippen LogP contribution in [-0.2, 0) is 0 Å². The molecule has 0 aromatic heterocycles. The van der Waals surface area contributed by atoms with E-state index in [1.54, 1.807) is 7.11 Å². The van der Waals surface area contributed by atoms with Gasteiger partial charge in [-0.15, -0.1) is 0 Å². The van der Waals surface area contributed by atoms with E-state index in [1.165, 1.54) is 0 Å². The second-order valence-electron chi connectivity index (χ2n) is 5.57. The molecule has 0 spiro atoms. The summed E-state index contributed by atoms with van der Waals surface area (Å²) in [7, 11) is 5.69. The van der Waals surface area contributed by atoms with E-state index in [2.05, 4.69) is 4.90 Å². The molecule has 0 bridgehead atoms. The molecule has 2 N–H and O–H groups in total. The molecule has 0 aliphatic heterocycles. The van der Waals surface area contributed by atoms with Gasteiger partial charge in [0.1, 0.15) is 5.75 Å². The number of ether oxygens (including phenoxy) is 1. The largest absolute Gasteiger partial charge is 0.497 e. The van der Waals surface area contributed by atoms with E-state index in [0.29, 0.717) is 12.3 Å². The van der Waals surface area contributed by atoms with Crippen molar-refractivity contribution in [2.24, 2.45) is 5.92 Å². The first-order valence-electron chi connectivity index (χ1n) is 7.12. The Morgan fingerprint density at radius 2 is 1.80 bits per heavy atom. The molecule has 4 heteroatoms. The highest BCUT2D eigenvalue weighted by Crippen LogP contribution is 2.24. The molecule has 0 unspecified atom stereocenters. The molecule has 1 aromatic rings. The molecule has 0 saturated heterocycles. The fourth-order valence-corrected chi connectivity index (χ4v) is 2.43. The Morgan fingerprint density at radius 1 is 1.15 bits per heavy atom. The first-order valence-corrected chi connectivity index (χ1v) is 7.12. The maximum absolute atomic E-state index is 9.60. The minimum atomic E-state index is -0.309. The summed E-state index contributed by atoms with van der Waals surface area (Å²) in [5, 5.41) is 18.9. The van der Waals surface area contributed by atoms with Crippen molar-refractivity contribution in [3.05, 3.63) is 30.3 Å². The molecule has 0 heterocycles. The topological polar surface area (TPSA) is 52.9 Å². The smallest absolute Gasteiger partial charge is 0.118 e. The quantitative estimate of drug-likeness (QED) is 0.886. The van der Waals surface area contributed by atoms with Crippen molar-refractivity contribution in [2.75, 3.05) is 27.7 Å². The van der Waals surface area contributed by atoms with Gasteiger partial charge in [0.05, 0.1) is 19.3 Å². The van der Waals surface area contributed by atoms with Gasteiger partial charge in [0.2, 0.25) is 0 Å². The molecule has 1 saturated carbocycles. The second kappa shape index (κ2) is 8.95. The molecular formula is C16H27NO3. The van der Waals surface area contributed by atoms with E-state index in [4.69, 9.17) is 4.74 Å². The molecule has 0 radical (unpaired) electrons. The van der Waals surface area contributed by atoms with Gasteiger partial charge in [-0.25, -0.2) is 0 Å². The van der Waals surface area contributed by atoms with Crippen LogP contribution >= 0.6 is 0 Å². The zero-order chi connectivity index (χ0) is 15.0. The van der Waals surface area contributed by atoms with Crippen LogP contribution in [0, 0.1) is 5.92 Å². The van der Waals surface area contributed by atoms with Crippen molar-refractivity contribution in [3.63, 3.8) is 0 Å². The van der Waals surface area contributed by atoms with Gasteiger partial charge in [-0.1, -0.05) is 18.2 Å². The third-order valence-electron chi connectivity index (χ3n) is 3.51. The van der Waals surface area contributed by atoms with Crippen molar-refractivity contribution in [1.82, 2.24) is 4.90 Å². The third kappa shape index (κ3) is 6.37. The van der Waals surface area contributed by atoms with Crippen LogP contribution in [-0.4, -0.2) is 55.1 Å². The number of nitrogens with zero attached hydrogens (tertiary/aromatic N) is 1. The second-order valence-corrected chi connectivity index (χ2v) is 5.57. The summed E-state index contributed by atoms with van der Waals surface area (Å²) in [6.07, 6.45) is 1.75. The van der Waals surface area contributed by atoms with Crippen LogP contribution in [0.4, 0.5) is 0 Å². The van der Waals surface area contributed by atoms with Crippen molar-refractivity contribution in [1.29, 1.82) is 0 Å². The van der Waals surface area contributed by atoms with Crippen molar-refractivity contribution in [2.45, 2.75) is 31.5 Å². The molecule has 4 nitrogen and oxygen atoms in total. The van der Waals surface area contributed by atoms with Gasteiger partial charge in [-0.05, 0) is 51.4 Å². The van der Waals surface area contributed by atoms with Gasteiger partial charge in [-0.2, -0.15) is 0 Å². The summed E-state index contributed by atoms with van der Waals surface area (Å²) in [5.41, 5.74) is 0. The minimum Gasteiger partial charge on any atom is -0.497 e. The zero-order valence-corrected chi connectivity index (χ0v) is 12.7. The number of para-hydroxylation sites is 1. The highest BCUT2D eigenvalue weighted by molar-refractivity contribution is 5.20. The molecule has 2 rings (SSSR count). The van der Waals surface area contributed by atoms with E-state index in [-0.39, 0.29) is 12.2 Å². The number of benzene rings is 1. The Morgan fingerprint density at radius 3 is 2.25 bits per heavy atom. The Labute approximate surface area is 122 Å². The van der Waals surface area contributed by atoms with E-state index < -0.39 is 0 Å². The molecule has 20 heavy (non-hydrogen) atoms. The Bertz CT molecular complexity index is 356. The third-order valence-corrected chi connectivity index (χ3v) is 3.51. The van der Waals surface area contributed by atoms with E-state index in [9.17, 15) is 10.2 Å². The molecule has 1 fully saturated rings. The van der Waals surface area contributed by atoms with Crippen LogP contribution in [0.15, 0.2) is 30.3 Å². The standard InChI is InChI=1S/C9H19NO2.C7H8O/c1-10(2)6-7-3-4-8(11)5-9(7)12;1-8-7-5-3-2-4-6-7/h7-9,11-12H,3-6H2,1-2H3;2-6H,1H3/t7-,8-,9-;/m0./s1. The van der Waals surface area contributed by atoms with Crippen LogP contribution in [0.25, 0.3) is 0 Å². The summed E-state index contributed by atoms with van der Waals surface area (Å²) in [6, 6.07) is 9.68. The monoisotopic (exact) mass is 281 g/mol. The summed E-state index contributed by atoms with van der Waals surface area (Å²) in [4.78, 5) is 2.09. The average Bonchev–Trinajstić information content (AvgIpc) is 2.43. The Kier molecular flexibility index (Phi) is 7.59. The fraction of sp³-hybridized carbons (Fsp3) is 0.625. The normalized spacial score (nSPS) is 25.8. The lowest BCUT2D eigenvalue weighted by atomic mass is 9.84. The van der Waals surface area contributed by atoms with Gasteiger partial charge in [0.25, 0.3) is 0 Å². The lowest BCUT2D eigenvalue weighted by Gasteiger charge is -2.32. The molecule has 114 valence electrons. The minimum absolute atomic E-state index is 0.279. The van der Waals surface area contributed by atoms with Crippen LogP contribution in [0.1, 0.15) is 19.3 Å². The highest BCUT2D eigenvalue weighted by atomic mass is 16.5. The van der Waals surface area contributed by atoms with Crippen LogP contribution in [0.3, 0.4) is 0 Å². The molecule has 1 aliphatic carbocycles. The first kappa shape index (κ1) is 17.0. The molecule has 0 amide bonds. The van der Waals surface area contributed by atoms with Gasteiger partial charge >= 0.3 is 0 Å². The van der Waals surface area contributed by atoms with E-state index >= 15 is 0 Å². The summed E-state index contributed by atoms with van der Waals surface area (Å²) < 4.78 is 4.91. The number of hydrogen-bond donors (Lipinski definition) is 2. The van der Waals surface area contributed by atoms with Crippen molar-refractivity contribution < 1.29 is 14.9 Å². The molecular weight excluding hydrogens is 254 g/mol. The molecule has 1 aromatic carbocycles. The maximum atomic E-state index is 9.60. The molecule has 3 atom stereocenters. The SMILES string of the molecule is CN(C)C[C@@H]1CC[C@H](O)C[C@@H]1O.COc1ccccc1. The van der Waals surface area contributed by atoms with Gasteiger partial charge in [0.15, 0.2) is 0 Å².